The molecular weight excluding hydrogens is 400 g/mol. The van der Waals surface area contributed by atoms with Crippen LogP contribution in [0.4, 0.5) is 5.69 Å². The molecule has 0 bridgehead atoms. The molecule has 0 aromatic heterocycles. The monoisotopic (exact) mass is 426 g/mol. The Balaban J connectivity index is 1.62. The fraction of sp³-hybridized carbons (Fsp3) is 0.417. The molecule has 2 N–H and O–H groups in total. The van der Waals surface area contributed by atoms with Crippen LogP contribution in [0.5, 0.6) is 0 Å². The van der Waals surface area contributed by atoms with Crippen molar-refractivity contribution < 1.29 is 14.7 Å². The summed E-state index contributed by atoms with van der Waals surface area (Å²) in [6, 6.07) is 14.8. The summed E-state index contributed by atoms with van der Waals surface area (Å²) in [7, 11) is 0. The van der Waals surface area contributed by atoms with Crippen LogP contribution in [-0.4, -0.2) is 34.5 Å². The summed E-state index contributed by atoms with van der Waals surface area (Å²) in [6.07, 6.45) is 6.10. The van der Waals surface area contributed by atoms with Gasteiger partial charge in [0.25, 0.3) is 5.91 Å². The number of carboxylic acids is 1. The normalized spacial score (nSPS) is 22.1. The van der Waals surface area contributed by atoms with Crippen LogP contribution in [0.3, 0.4) is 0 Å². The van der Waals surface area contributed by atoms with Gasteiger partial charge >= 0.3 is 5.97 Å². The van der Waals surface area contributed by atoms with Crippen LogP contribution >= 0.6 is 11.6 Å². The van der Waals surface area contributed by atoms with Gasteiger partial charge in [0.15, 0.2) is 0 Å². The van der Waals surface area contributed by atoms with E-state index in [0.717, 1.165) is 11.3 Å². The van der Waals surface area contributed by atoms with Gasteiger partial charge in [-0.3, -0.25) is 9.59 Å². The number of nitrogens with zero attached hydrogens (tertiary/aromatic N) is 1. The molecule has 2 aromatic carbocycles. The van der Waals surface area contributed by atoms with Crippen molar-refractivity contribution in [3.63, 3.8) is 0 Å². The van der Waals surface area contributed by atoms with Crippen LogP contribution in [0, 0.1) is 5.92 Å². The zero-order chi connectivity index (χ0) is 21.1. The first-order valence-corrected chi connectivity index (χ1v) is 11.1. The molecule has 1 amide bonds. The van der Waals surface area contributed by atoms with Crippen LogP contribution in [-0.2, 0) is 4.79 Å². The highest BCUT2D eigenvalue weighted by Gasteiger charge is 2.40. The molecule has 2 atom stereocenters. The first-order valence-electron chi connectivity index (χ1n) is 10.7. The SMILES string of the molecule is O=C(O)[C@H]1CCCN(C(=O)c2ccccc2Cl)[C@H]1c1ccc(NC2CCCC2)cc1. The van der Waals surface area contributed by atoms with Crippen molar-refractivity contribution in [2.75, 3.05) is 11.9 Å². The zero-order valence-electron chi connectivity index (χ0n) is 16.9. The van der Waals surface area contributed by atoms with Gasteiger partial charge in [-0.15, -0.1) is 0 Å². The van der Waals surface area contributed by atoms with Gasteiger partial charge in [-0.1, -0.05) is 48.7 Å². The average molecular weight is 427 g/mol. The number of anilines is 1. The van der Waals surface area contributed by atoms with Gasteiger partial charge in [0.2, 0.25) is 0 Å². The van der Waals surface area contributed by atoms with E-state index in [2.05, 4.69) is 5.32 Å². The molecule has 0 spiro atoms. The Labute approximate surface area is 182 Å². The van der Waals surface area contributed by atoms with Crippen LogP contribution < -0.4 is 5.32 Å². The van der Waals surface area contributed by atoms with Crippen molar-refractivity contribution in [1.29, 1.82) is 0 Å². The summed E-state index contributed by atoms with van der Waals surface area (Å²) in [5, 5.41) is 13.8. The number of amides is 1. The van der Waals surface area contributed by atoms with Crippen molar-refractivity contribution in [3.05, 3.63) is 64.7 Å². The lowest BCUT2D eigenvalue weighted by molar-refractivity contribution is -0.145. The number of piperidine rings is 1. The number of rotatable bonds is 5. The van der Waals surface area contributed by atoms with E-state index in [1.165, 1.54) is 25.7 Å². The molecule has 6 heteroatoms. The quantitative estimate of drug-likeness (QED) is 0.674. The molecule has 30 heavy (non-hydrogen) atoms. The predicted molar refractivity (Wildman–Crippen MR) is 118 cm³/mol. The third-order valence-electron chi connectivity index (χ3n) is 6.29. The summed E-state index contributed by atoms with van der Waals surface area (Å²) >= 11 is 6.26. The summed E-state index contributed by atoms with van der Waals surface area (Å²) < 4.78 is 0. The molecule has 158 valence electrons. The second kappa shape index (κ2) is 9.09. The van der Waals surface area contributed by atoms with E-state index in [9.17, 15) is 14.7 Å². The number of carbonyl (C=O) groups excluding carboxylic acids is 1. The Morgan fingerprint density at radius 2 is 1.67 bits per heavy atom. The first-order chi connectivity index (χ1) is 14.5. The van der Waals surface area contributed by atoms with Gasteiger partial charge in [0.05, 0.1) is 22.5 Å². The Hall–Kier alpha value is -2.53. The van der Waals surface area contributed by atoms with E-state index in [-0.39, 0.29) is 5.91 Å². The fourth-order valence-corrected chi connectivity index (χ4v) is 4.98. The number of likely N-dealkylation sites (tertiary alicyclic amines) is 1. The van der Waals surface area contributed by atoms with Crippen molar-refractivity contribution in [2.24, 2.45) is 5.92 Å². The molecule has 2 aromatic rings. The van der Waals surface area contributed by atoms with Gasteiger partial charge in [0.1, 0.15) is 0 Å². The number of hydrogen-bond acceptors (Lipinski definition) is 3. The molecular formula is C24H27ClN2O3. The lowest BCUT2D eigenvalue weighted by atomic mass is 9.84. The van der Waals surface area contributed by atoms with Crippen molar-refractivity contribution in [2.45, 2.75) is 50.6 Å². The van der Waals surface area contributed by atoms with E-state index >= 15 is 0 Å². The highest BCUT2D eigenvalue weighted by molar-refractivity contribution is 6.33. The van der Waals surface area contributed by atoms with E-state index in [1.807, 2.05) is 24.3 Å². The fourth-order valence-electron chi connectivity index (χ4n) is 4.77. The van der Waals surface area contributed by atoms with Crippen LogP contribution in [0.1, 0.15) is 60.5 Å². The standard InChI is InChI=1S/C24H27ClN2O3/c25-21-10-4-3-8-19(21)23(28)27-15-5-9-20(24(29)30)22(27)16-11-13-18(14-12-16)26-17-6-1-2-7-17/h3-4,8,10-14,17,20,22,26H,1-2,5-7,9,15H2,(H,29,30)/t20-,22-/m0/s1. The van der Waals surface area contributed by atoms with Gasteiger partial charge < -0.3 is 15.3 Å². The summed E-state index contributed by atoms with van der Waals surface area (Å²) in [5.74, 6) is -1.73. The van der Waals surface area contributed by atoms with Crippen LogP contribution in [0.25, 0.3) is 0 Å². The minimum atomic E-state index is -0.871. The van der Waals surface area contributed by atoms with E-state index in [4.69, 9.17) is 11.6 Å². The first kappa shape index (κ1) is 20.7. The molecule has 1 aliphatic carbocycles. The number of benzene rings is 2. The van der Waals surface area contributed by atoms with Crippen LogP contribution in [0.2, 0.25) is 5.02 Å². The predicted octanol–water partition coefficient (Wildman–Crippen LogP) is 5.37. The van der Waals surface area contributed by atoms with Crippen molar-refractivity contribution in [3.8, 4) is 0 Å². The lowest BCUT2D eigenvalue weighted by Crippen LogP contribution is -2.45. The third-order valence-corrected chi connectivity index (χ3v) is 6.62. The van der Waals surface area contributed by atoms with E-state index in [0.29, 0.717) is 36.0 Å². The van der Waals surface area contributed by atoms with Gasteiger partial charge in [-0.05, 0) is 55.5 Å². The number of aliphatic carboxylic acids is 1. The van der Waals surface area contributed by atoms with Crippen molar-refractivity contribution in [1.82, 2.24) is 4.90 Å². The topological polar surface area (TPSA) is 69.6 Å². The minimum Gasteiger partial charge on any atom is -0.481 e. The Bertz CT molecular complexity index is 909. The number of nitrogens with one attached hydrogen (secondary N) is 1. The lowest BCUT2D eigenvalue weighted by Gasteiger charge is -2.40. The maximum absolute atomic E-state index is 13.3. The zero-order valence-corrected chi connectivity index (χ0v) is 17.6. The number of carbonyl (C=O) groups is 2. The molecule has 4 rings (SSSR count). The van der Waals surface area contributed by atoms with E-state index in [1.54, 1.807) is 29.2 Å². The largest absolute Gasteiger partial charge is 0.481 e. The highest BCUT2D eigenvalue weighted by atomic mass is 35.5. The molecule has 0 radical (unpaired) electrons. The van der Waals surface area contributed by atoms with Gasteiger partial charge in [-0.2, -0.15) is 0 Å². The summed E-state index contributed by atoms with van der Waals surface area (Å²) in [4.78, 5) is 27.0. The van der Waals surface area contributed by atoms with Crippen molar-refractivity contribution >= 4 is 29.2 Å². The van der Waals surface area contributed by atoms with Crippen LogP contribution in [0.15, 0.2) is 48.5 Å². The number of halogens is 1. The minimum absolute atomic E-state index is 0.218. The smallest absolute Gasteiger partial charge is 0.308 e. The molecule has 1 saturated carbocycles. The molecule has 0 unspecified atom stereocenters. The summed E-state index contributed by atoms with van der Waals surface area (Å²) in [5.41, 5.74) is 2.30. The van der Waals surface area contributed by atoms with E-state index < -0.39 is 17.9 Å². The molecule has 1 heterocycles. The molecule has 5 nitrogen and oxygen atoms in total. The second-order valence-corrected chi connectivity index (χ2v) is 8.67. The maximum Gasteiger partial charge on any atom is 0.308 e. The maximum atomic E-state index is 13.3. The molecule has 2 aliphatic rings. The average Bonchev–Trinajstić information content (AvgIpc) is 3.27. The van der Waals surface area contributed by atoms with Gasteiger partial charge in [0, 0.05) is 18.3 Å². The Kier molecular flexibility index (Phi) is 6.28. The molecule has 2 fully saturated rings. The summed E-state index contributed by atoms with van der Waals surface area (Å²) in [6.45, 7) is 0.514. The molecule has 1 saturated heterocycles. The molecule has 1 aliphatic heterocycles. The Morgan fingerprint density at radius 1 is 0.967 bits per heavy atom. The number of hydrogen-bond donors (Lipinski definition) is 2. The third kappa shape index (κ3) is 4.31. The second-order valence-electron chi connectivity index (χ2n) is 8.26. The number of carboxylic acid groups (broad SMARTS) is 1. The Morgan fingerprint density at radius 3 is 2.33 bits per heavy atom. The highest BCUT2D eigenvalue weighted by Crippen LogP contribution is 2.38. The van der Waals surface area contributed by atoms with Gasteiger partial charge in [-0.25, -0.2) is 0 Å².